The van der Waals surface area contributed by atoms with E-state index in [9.17, 15) is 14.7 Å². The maximum atomic E-state index is 12.5. The molecule has 3 fully saturated rings. The van der Waals surface area contributed by atoms with Crippen molar-refractivity contribution in [2.45, 2.75) is 32.2 Å². The van der Waals surface area contributed by atoms with Crippen LogP contribution in [0.1, 0.15) is 31.2 Å². The van der Waals surface area contributed by atoms with Gasteiger partial charge in [-0.05, 0) is 43.1 Å². The lowest BCUT2D eigenvalue weighted by molar-refractivity contribution is -0.158. The van der Waals surface area contributed by atoms with E-state index < -0.39 is 11.9 Å². The Labute approximate surface area is 124 Å². The van der Waals surface area contributed by atoms with Gasteiger partial charge in [-0.25, -0.2) is 0 Å². The Kier molecular flexibility index (Phi) is 3.95. The number of carbonyl (C=O) groups excluding carboxylic acids is 1. The van der Waals surface area contributed by atoms with Gasteiger partial charge in [0.25, 0.3) is 0 Å². The van der Waals surface area contributed by atoms with Gasteiger partial charge in [-0.1, -0.05) is 30.3 Å². The van der Waals surface area contributed by atoms with Gasteiger partial charge in [0, 0.05) is 6.54 Å². The van der Waals surface area contributed by atoms with Gasteiger partial charge in [0.2, 0.25) is 5.91 Å². The number of aliphatic carboxylic acids is 1. The van der Waals surface area contributed by atoms with Gasteiger partial charge in [-0.15, -0.1) is 0 Å². The summed E-state index contributed by atoms with van der Waals surface area (Å²) >= 11 is 0. The second-order valence-electron chi connectivity index (χ2n) is 6.27. The van der Waals surface area contributed by atoms with Crippen LogP contribution in [0, 0.1) is 23.7 Å². The number of carboxylic acid groups (broad SMARTS) is 1. The highest BCUT2D eigenvalue weighted by Crippen LogP contribution is 2.49. The van der Waals surface area contributed by atoms with Crippen LogP contribution in [-0.2, 0) is 16.1 Å². The predicted octanol–water partition coefficient (Wildman–Crippen LogP) is 2.44. The second-order valence-corrected chi connectivity index (χ2v) is 6.27. The highest BCUT2D eigenvalue weighted by atomic mass is 16.4. The first-order valence-electron chi connectivity index (χ1n) is 7.71. The molecular formula is C17H21NO3. The summed E-state index contributed by atoms with van der Waals surface area (Å²) in [4.78, 5) is 24.1. The molecule has 4 nitrogen and oxygen atoms in total. The van der Waals surface area contributed by atoms with Crippen molar-refractivity contribution in [3.8, 4) is 0 Å². The zero-order chi connectivity index (χ0) is 14.8. The van der Waals surface area contributed by atoms with E-state index in [0.717, 1.165) is 31.2 Å². The van der Waals surface area contributed by atoms with Crippen LogP contribution in [0.25, 0.3) is 0 Å². The van der Waals surface area contributed by atoms with Crippen molar-refractivity contribution in [1.82, 2.24) is 5.32 Å². The van der Waals surface area contributed by atoms with Crippen LogP contribution in [0.3, 0.4) is 0 Å². The molecule has 4 rings (SSSR count). The van der Waals surface area contributed by atoms with E-state index in [-0.39, 0.29) is 23.7 Å². The van der Waals surface area contributed by atoms with Gasteiger partial charge in [-0.2, -0.15) is 0 Å². The maximum Gasteiger partial charge on any atom is 0.307 e. The lowest BCUT2D eigenvalue weighted by Crippen LogP contribution is -2.50. The molecule has 4 heteroatoms. The maximum absolute atomic E-state index is 12.5. The smallest absolute Gasteiger partial charge is 0.307 e. The molecular weight excluding hydrogens is 266 g/mol. The van der Waals surface area contributed by atoms with Crippen LogP contribution in [0.5, 0.6) is 0 Å². The molecule has 2 bridgehead atoms. The normalized spacial score (nSPS) is 30.9. The molecule has 1 amide bonds. The third kappa shape index (κ3) is 2.80. The third-order valence-electron chi connectivity index (χ3n) is 5.12. The fraction of sp³-hybridized carbons (Fsp3) is 0.529. The SMILES string of the molecule is O=C(O)[C@H]1C2CCC(CC2)[C@@H]1C(=O)NCc1ccccc1. The number of hydrogen-bond acceptors (Lipinski definition) is 2. The minimum Gasteiger partial charge on any atom is -0.481 e. The largest absolute Gasteiger partial charge is 0.481 e. The van der Waals surface area contributed by atoms with Gasteiger partial charge in [0.05, 0.1) is 11.8 Å². The fourth-order valence-corrected chi connectivity index (χ4v) is 4.08. The summed E-state index contributed by atoms with van der Waals surface area (Å²) < 4.78 is 0. The Morgan fingerprint density at radius 2 is 1.57 bits per heavy atom. The summed E-state index contributed by atoms with van der Waals surface area (Å²) in [7, 11) is 0. The van der Waals surface area contributed by atoms with Crippen molar-refractivity contribution in [3.63, 3.8) is 0 Å². The standard InChI is InChI=1S/C17H21NO3/c19-16(18-10-11-4-2-1-3-5-11)14-12-6-8-13(9-7-12)15(14)17(20)21/h1-5,12-15H,6-10H2,(H,18,19)(H,20,21)/t12?,13?,14-,15-/m0/s1. The number of fused-ring (bicyclic) bond motifs is 3. The molecule has 3 saturated carbocycles. The van der Waals surface area contributed by atoms with Crippen LogP contribution in [-0.4, -0.2) is 17.0 Å². The van der Waals surface area contributed by atoms with Crippen molar-refractivity contribution in [2.75, 3.05) is 0 Å². The first kappa shape index (κ1) is 14.1. The first-order valence-corrected chi connectivity index (χ1v) is 7.71. The van der Waals surface area contributed by atoms with Crippen molar-refractivity contribution in [1.29, 1.82) is 0 Å². The van der Waals surface area contributed by atoms with E-state index in [1.54, 1.807) is 0 Å². The van der Waals surface area contributed by atoms with E-state index in [1.165, 1.54) is 0 Å². The minimum absolute atomic E-state index is 0.0827. The van der Waals surface area contributed by atoms with E-state index in [1.807, 2.05) is 30.3 Å². The van der Waals surface area contributed by atoms with Crippen molar-refractivity contribution in [3.05, 3.63) is 35.9 Å². The van der Waals surface area contributed by atoms with Crippen molar-refractivity contribution >= 4 is 11.9 Å². The molecule has 0 saturated heterocycles. The van der Waals surface area contributed by atoms with Gasteiger partial charge >= 0.3 is 5.97 Å². The second kappa shape index (κ2) is 5.88. The number of nitrogens with one attached hydrogen (secondary N) is 1. The quantitative estimate of drug-likeness (QED) is 0.894. The molecule has 0 radical (unpaired) electrons. The van der Waals surface area contributed by atoms with Gasteiger partial charge in [0.1, 0.15) is 0 Å². The highest BCUT2D eigenvalue weighted by molar-refractivity contribution is 5.85. The lowest BCUT2D eigenvalue weighted by atomic mass is 9.58. The van der Waals surface area contributed by atoms with E-state index in [2.05, 4.69) is 5.32 Å². The van der Waals surface area contributed by atoms with E-state index >= 15 is 0 Å². The van der Waals surface area contributed by atoms with E-state index in [4.69, 9.17) is 0 Å². The molecule has 2 atom stereocenters. The fourth-order valence-electron chi connectivity index (χ4n) is 4.08. The molecule has 3 aliphatic carbocycles. The predicted molar refractivity (Wildman–Crippen MR) is 78.4 cm³/mol. The molecule has 3 aliphatic rings. The Hall–Kier alpha value is -1.84. The van der Waals surface area contributed by atoms with Crippen molar-refractivity contribution in [2.24, 2.45) is 23.7 Å². The topological polar surface area (TPSA) is 66.4 Å². The first-order chi connectivity index (χ1) is 10.2. The van der Waals surface area contributed by atoms with Crippen LogP contribution in [0.15, 0.2) is 30.3 Å². The Morgan fingerprint density at radius 3 is 2.14 bits per heavy atom. The highest BCUT2D eigenvalue weighted by Gasteiger charge is 2.50. The Morgan fingerprint density at radius 1 is 1.00 bits per heavy atom. The zero-order valence-corrected chi connectivity index (χ0v) is 12.0. The summed E-state index contributed by atoms with van der Waals surface area (Å²) in [5, 5.41) is 12.4. The molecule has 0 aromatic heterocycles. The van der Waals surface area contributed by atoms with Crippen LogP contribution in [0.2, 0.25) is 0 Å². The number of carbonyl (C=O) groups is 2. The van der Waals surface area contributed by atoms with Gasteiger partial charge in [-0.3, -0.25) is 9.59 Å². The summed E-state index contributed by atoms with van der Waals surface area (Å²) in [5.41, 5.74) is 1.04. The minimum atomic E-state index is -0.802. The molecule has 21 heavy (non-hydrogen) atoms. The molecule has 0 heterocycles. The average molecular weight is 287 g/mol. The van der Waals surface area contributed by atoms with E-state index in [0.29, 0.717) is 6.54 Å². The Balaban J connectivity index is 1.69. The number of hydrogen-bond donors (Lipinski definition) is 2. The number of carboxylic acids is 1. The van der Waals surface area contributed by atoms with Gasteiger partial charge < -0.3 is 10.4 Å². The Bertz CT molecular complexity index is 520. The summed E-state index contributed by atoms with van der Waals surface area (Å²) in [6.07, 6.45) is 3.92. The third-order valence-corrected chi connectivity index (χ3v) is 5.12. The summed E-state index contributed by atoms with van der Waals surface area (Å²) in [6.45, 7) is 0.472. The molecule has 0 aliphatic heterocycles. The molecule has 1 aromatic rings. The summed E-state index contributed by atoms with van der Waals surface area (Å²) in [5.74, 6) is -1.30. The molecule has 1 aromatic carbocycles. The molecule has 0 spiro atoms. The monoisotopic (exact) mass is 287 g/mol. The number of amides is 1. The molecule has 0 unspecified atom stereocenters. The zero-order valence-electron chi connectivity index (χ0n) is 12.0. The number of rotatable bonds is 4. The lowest BCUT2D eigenvalue weighted by Gasteiger charge is -2.45. The van der Waals surface area contributed by atoms with Gasteiger partial charge in [0.15, 0.2) is 0 Å². The van der Waals surface area contributed by atoms with Crippen LogP contribution < -0.4 is 5.32 Å². The molecule has 112 valence electrons. The molecule has 2 N–H and O–H groups in total. The number of benzene rings is 1. The summed E-state index contributed by atoms with van der Waals surface area (Å²) in [6, 6.07) is 9.73. The van der Waals surface area contributed by atoms with Crippen LogP contribution in [0.4, 0.5) is 0 Å². The van der Waals surface area contributed by atoms with Crippen molar-refractivity contribution < 1.29 is 14.7 Å². The average Bonchev–Trinajstić information content (AvgIpc) is 2.53. The van der Waals surface area contributed by atoms with Crippen LogP contribution >= 0.6 is 0 Å².